The molecule has 1 unspecified atom stereocenters. The average Bonchev–Trinajstić information content (AvgIpc) is 2.62. The summed E-state index contributed by atoms with van der Waals surface area (Å²) >= 11 is 3.37. The van der Waals surface area contributed by atoms with E-state index in [1.807, 2.05) is 6.07 Å². The third-order valence-corrected chi connectivity index (χ3v) is 3.80. The smallest absolute Gasteiger partial charge is 0.169 e. The van der Waals surface area contributed by atoms with Crippen LogP contribution in [0.4, 0.5) is 0 Å². The summed E-state index contributed by atoms with van der Waals surface area (Å²) in [5.74, 6) is 1.98. The highest BCUT2D eigenvalue weighted by atomic mass is 79.9. The molecular weight excluding hydrogens is 266 g/mol. The third-order valence-electron chi connectivity index (χ3n) is 3.37. The minimum atomic E-state index is 0.400. The van der Waals surface area contributed by atoms with E-state index in [2.05, 4.69) is 34.2 Å². The molecule has 1 aromatic rings. The van der Waals surface area contributed by atoms with E-state index in [9.17, 15) is 0 Å². The first-order chi connectivity index (χ1) is 7.79. The van der Waals surface area contributed by atoms with Gasteiger partial charge in [0.15, 0.2) is 4.67 Å². The Morgan fingerprint density at radius 1 is 1.50 bits per heavy atom. The summed E-state index contributed by atoms with van der Waals surface area (Å²) in [6, 6.07) is 4.46. The van der Waals surface area contributed by atoms with Gasteiger partial charge in [-0.2, -0.15) is 0 Å². The van der Waals surface area contributed by atoms with Crippen molar-refractivity contribution in [3.8, 4) is 0 Å². The van der Waals surface area contributed by atoms with E-state index in [1.54, 1.807) is 0 Å². The molecule has 1 fully saturated rings. The molecule has 1 atom stereocenters. The van der Waals surface area contributed by atoms with Crippen molar-refractivity contribution in [1.82, 2.24) is 5.32 Å². The molecule has 0 aromatic carbocycles. The molecule has 90 valence electrons. The van der Waals surface area contributed by atoms with Gasteiger partial charge in [-0.05, 0) is 53.4 Å². The number of nitrogens with one attached hydrogen (secondary N) is 1. The predicted octanol–water partition coefficient (Wildman–Crippen LogP) is 4.27. The van der Waals surface area contributed by atoms with Gasteiger partial charge >= 0.3 is 0 Å². The van der Waals surface area contributed by atoms with Gasteiger partial charge in [0.05, 0.1) is 6.04 Å². The monoisotopic (exact) mass is 285 g/mol. The number of hydrogen-bond acceptors (Lipinski definition) is 2. The summed E-state index contributed by atoms with van der Waals surface area (Å²) in [5.41, 5.74) is 0. The topological polar surface area (TPSA) is 25.2 Å². The second kappa shape index (κ2) is 5.87. The maximum Gasteiger partial charge on any atom is 0.169 e. The van der Waals surface area contributed by atoms with E-state index >= 15 is 0 Å². The van der Waals surface area contributed by atoms with Crippen LogP contribution in [0.3, 0.4) is 0 Å². The van der Waals surface area contributed by atoms with Crippen molar-refractivity contribution in [2.24, 2.45) is 5.92 Å². The standard InChI is InChI=1S/C13H20BrNO/c1-2-8-15-11(9-10-4-3-5-10)12-6-7-13(14)16-12/h6-7,10-11,15H,2-5,8-9H2,1H3. The van der Waals surface area contributed by atoms with E-state index in [4.69, 9.17) is 4.42 Å². The van der Waals surface area contributed by atoms with Crippen molar-refractivity contribution in [2.45, 2.75) is 45.1 Å². The summed E-state index contributed by atoms with van der Waals surface area (Å²) in [7, 11) is 0. The summed E-state index contributed by atoms with van der Waals surface area (Å²) in [5, 5.41) is 3.58. The molecule has 0 radical (unpaired) electrons. The Kier molecular flexibility index (Phi) is 4.47. The molecule has 1 aromatic heterocycles. The Morgan fingerprint density at radius 2 is 2.31 bits per heavy atom. The van der Waals surface area contributed by atoms with Crippen LogP contribution in [-0.4, -0.2) is 6.54 Å². The fraction of sp³-hybridized carbons (Fsp3) is 0.692. The van der Waals surface area contributed by atoms with Gasteiger partial charge in [0.2, 0.25) is 0 Å². The fourth-order valence-electron chi connectivity index (χ4n) is 2.20. The van der Waals surface area contributed by atoms with Gasteiger partial charge in [-0.25, -0.2) is 0 Å². The molecule has 1 N–H and O–H groups in total. The lowest BCUT2D eigenvalue weighted by atomic mass is 9.80. The maximum absolute atomic E-state index is 5.67. The van der Waals surface area contributed by atoms with Crippen molar-refractivity contribution in [3.63, 3.8) is 0 Å². The Balaban J connectivity index is 1.95. The van der Waals surface area contributed by atoms with Gasteiger partial charge in [0.1, 0.15) is 5.76 Å². The molecule has 0 amide bonds. The van der Waals surface area contributed by atoms with E-state index in [1.165, 1.54) is 32.1 Å². The quantitative estimate of drug-likeness (QED) is 0.844. The van der Waals surface area contributed by atoms with Crippen molar-refractivity contribution in [3.05, 3.63) is 22.6 Å². The Hall–Kier alpha value is -0.280. The Labute approximate surface area is 106 Å². The third kappa shape index (κ3) is 3.11. The molecule has 1 heterocycles. The van der Waals surface area contributed by atoms with Gasteiger partial charge in [-0.3, -0.25) is 0 Å². The molecule has 0 saturated heterocycles. The van der Waals surface area contributed by atoms with Gasteiger partial charge in [-0.15, -0.1) is 0 Å². The molecule has 16 heavy (non-hydrogen) atoms. The summed E-state index contributed by atoms with van der Waals surface area (Å²) in [6.45, 7) is 3.27. The van der Waals surface area contributed by atoms with E-state index in [-0.39, 0.29) is 0 Å². The first-order valence-corrected chi connectivity index (χ1v) is 7.07. The van der Waals surface area contributed by atoms with E-state index < -0.39 is 0 Å². The summed E-state index contributed by atoms with van der Waals surface area (Å²) in [4.78, 5) is 0. The maximum atomic E-state index is 5.67. The molecule has 0 spiro atoms. The zero-order chi connectivity index (χ0) is 11.4. The van der Waals surface area contributed by atoms with E-state index in [0.717, 1.165) is 22.9 Å². The first-order valence-electron chi connectivity index (χ1n) is 6.28. The highest BCUT2D eigenvalue weighted by molar-refractivity contribution is 9.10. The van der Waals surface area contributed by atoms with Crippen LogP contribution in [0, 0.1) is 5.92 Å². The average molecular weight is 286 g/mol. The zero-order valence-corrected chi connectivity index (χ0v) is 11.4. The van der Waals surface area contributed by atoms with Crippen molar-refractivity contribution in [1.29, 1.82) is 0 Å². The van der Waals surface area contributed by atoms with Gasteiger partial charge in [-0.1, -0.05) is 26.2 Å². The van der Waals surface area contributed by atoms with Crippen LogP contribution in [-0.2, 0) is 0 Å². The van der Waals surface area contributed by atoms with Gasteiger partial charge in [0.25, 0.3) is 0 Å². The van der Waals surface area contributed by atoms with Crippen LogP contribution < -0.4 is 5.32 Å². The van der Waals surface area contributed by atoms with Crippen LogP contribution in [0.1, 0.15) is 50.8 Å². The lowest BCUT2D eigenvalue weighted by Crippen LogP contribution is -2.26. The fourth-order valence-corrected chi connectivity index (χ4v) is 2.52. The molecule has 1 aliphatic carbocycles. The van der Waals surface area contributed by atoms with Crippen LogP contribution in [0.25, 0.3) is 0 Å². The first kappa shape index (κ1) is 12.2. The summed E-state index contributed by atoms with van der Waals surface area (Å²) < 4.78 is 6.50. The minimum Gasteiger partial charge on any atom is -0.453 e. The molecule has 2 rings (SSSR count). The lowest BCUT2D eigenvalue weighted by Gasteiger charge is -2.29. The van der Waals surface area contributed by atoms with Gasteiger partial charge in [0, 0.05) is 0 Å². The molecule has 1 aliphatic rings. The highest BCUT2D eigenvalue weighted by Crippen LogP contribution is 2.35. The SMILES string of the molecule is CCCNC(CC1CCC1)c1ccc(Br)o1. The van der Waals surface area contributed by atoms with Crippen LogP contribution in [0.15, 0.2) is 21.2 Å². The number of halogens is 1. The number of furan rings is 1. The van der Waals surface area contributed by atoms with Crippen LogP contribution >= 0.6 is 15.9 Å². The van der Waals surface area contributed by atoms with E-state index in [0.29, 0.717) is 6.04 Å². The summed E-state index contributed by atoms with van der Waals surface area (Å²) in [6.07, 6.45) is 6.59. The number of hydrogen-bond donors (Lipinski definition) is 1. The minimum absolute atomic E-state index is 0.400. The van der Waals surface area contributed by atoms with Crippen molar-refractivity contribution < 1.29 is 4.42 Å². The Morgan fingerprint density at radius 3 is 2.81 bits per heavy atom. The molecule has 1 saturated carbocycles. The van der Waals surface area contributed by atoms with Crippen LogP contribution in [0.2, 0.25) is 0 Å². The van der Waals surface area contributed by atoms with Crippen molar-refractivity contribution in [2.75, 3.05) is 6.54 Å². The molecule has 0 bridgehead atoms. The molecule has 3 heteroatoms. The van der Waals surface area contributed by atoms with Gasteiger partial charge < -0.3 is 9.73 Å². The molecule has 0 aliphatic heterocycles. The second-order valence-corrected chi connectivity index (χ2v) is 5.46. The largest absolute Gasteiger partial charge is 0.453 e. The second-order valence-electron chi connectivity index (χ2n) is 4.68. The van der Waals surface area contributed by atoms with Crippen LogP contribution in [0.5, 0.6) is 0 Å². The highest BCUT2D eigenvalue weighted by Gasteiger charge is 2.24. The lowest BCUT2D eigenvalue weighted by molar-refractivity contribution is 0.245. The zero-order valence-electron chi connectivity index (χ0n) is 9.84. The number of rotatable bonds is 6. The molecule has 2 nitrogen and oxygen atoms in total. The normalized spacial score (nSPS) is 18.4. The predicted molar refractivity (Wildman–Crippen MR) is 69.4 cm³/mol. The Bertz CT molecular complexity index is 319. The molecular formula is C13H20BrNO. The van der Waals surface area contributed by atoms with Crippen molar-refractivity contribution >= 4 is 15.9 Å².